The van der Waals surface area contributed by atoms with Gasteiger partial charge in [0.15, 0.2) is 5.75 Å². The molecule has 0 unspecified atom stereocenters. The van der Waals surface area contributed by atoms with E-state index in [1.807, 2.05) is 0 Å². The number of isocyanates is 2. The summed E-state index contributed by atoms with van der Waals surface area (Å²) in [4.78, 5) is 26.3. The molecule has 1 saturated carbocycles. The molecule has 1 fully saturated rings. The van der Waals surface area contributed by atoms with Gasteiger partial charge in [-0.1, -0.05) is 31.4 Å². The van der Waals surface area contributed by atoms with Crippen LogP contribution in [-0.4, -0.2) is 25.1 Å². The van der Waals surface area contributed by atoms with E-state index in [0.717, 1.165) is 12.1 Å². The number of alkyl halides is 3. The zero-order valence-electron chi connectivity index (χ0n) is 12.9. The van der Waals surface area contributed by atoms with Gasteiger partial charge >= 0.3 is 6.36 Å². The Labute approximate surface area is 137 Å². The van der Waals surface area contributed by atoms with Gasteiger partial charge in [0, 0.05) is 0 Å². The van der Waals surface area contributed by atoms with Gasteiger partial charge in [-0.15, -0.1) is 13.2 Å². The number of ether oxygens (including phenoxy) is 1. The zero-order chi connectivity index (χ0) is 17.8. The third kappa shape index (κ3) is 8.27. The van der Waals surface area contributed by atoms with Crippen molar-refractivity contribution in [3.05, 3.63) is 24.3 Å². The Morgan fingerprint density at radius 1 is 1.08 bits per heavy atom. The lowest BCUT2D eigenvalue weighted by atomic mass is 9.89. The molecule has 0 heterocycles. The molecule has 0 bridgehead atoms. The van der Waals surface area contributed by atoms with Crippen molar-refractivity contribution in [1.82, 2.24) is 0 Å². The van der Waals surface area contributed by atoms with Crippen LogP contribution in [0, 0.1) is 5.92 Å². The molecule has 1 aromatic rings. The van der Waals surface area contributed by atoms with Crippen molar-refractivity contribution in [2.24, 2.45) is 15.9 Å². The fourth-order valence-electron chi connectivity index (χ4n) is 2.35. The van der Waals surface area contributed by atoms with E-state index in [1.165, 1.54) is 50.3 Å². The Hall–Kier alpha value is -2.43. The van der Waals surface area contributed by atoms with Gasteiger partial charge in [0.25, 0.3) is 0 Å². The van der Waals surface area contributed by atoms with Crippen LogP contribution in [0.3, 0.4) is 0 Å². The number of rotatable bonds is 4. The molecule has 1 aliphatic carbocycles. The van der Waals surface area contributed by atoms with Crippen LogP contribution in [0.15, 0.2) is 34.3 Å². The second-order valence-corrected chi connectivity index (χ2v) is 5.15. The SMILES string of the molecule is O=C=NCC1CCCCC1.O=C=Nc1ccccc1OC(F)(F)F. The Bertz CT molecular complexity index is 601. The maximum Gasteiger partial charge on any atom is 0.573 e. The van der Waals surface area contributed by atoms with E-state index in [-0.39, 0.29) is 5.69 Å². The fraction of sp³-hybridized carbons (Fsp3) is 0.500. The van der Waals surface area contributed by atoms with Gasteiger partial charge in [0.05, 0.1) is 6.54 Å². The topological polar surface area (TPSA) is 68.1 Å². The first-order valence-electron chi connectivity index (χ1n) is 7.42. The Morgan fingerprint density at radius 2 is 1.75 bits per heavy atom. The van der Waals surface area contributed by atoms with E-state index < -0.39 is 12.1 Å². The lowest BCUT2D eigenvalue weighted by Gasteiger charge is -2.18. The van der Waals surface area contributed by atoms with Crippen LogP contribution in [0.2, 0.25) is 0 Å². The largest absolute Gasteiger partial charge is 0.573 e. The highest BCUT2D eigenvalue weighted by Gasteiger charge is 2.32. The number of benzene rings is 1. The van der Waals surface area contributed by atoms with Gasteiger partial charge in [0.2, 0.25) is 12.2 Å². The second kappa shape index (κ2) is 10.4. The van der Waals surface area contributed by atoms with E-state index in [1.54, 1.807) is 6.08 Å². The number of halogens is 3. The Balaban J connectivity index is 0.000000254. The van der Waals surface area contributed by atoms with Crippen molar-refractivity contribution in [1.29, 1.82) is 0 Å². The Kier molecular flexibility index (Phi) is 8.47. The number of aliphatic imine (C=N–C) groups is 2. The number of para-hydroxylation sites is 2. The molecule has 5 nitrogen and oxygen atoms in total. The van der Waals surface area contributed by atoms with Gasteiger partial charge in [-0.25, -0.2) is 14.6 Å². The standard InChI is InChI=1S/C8H4F3NO2.C8H13NO/c9-8(10,11)14-7-4-2-1-3-6(7)12-5-13;10-7-9-6-8-4-2-1-3-5-8/h1-4H;8H,1-6H2. The van der Waals surface area contributed by atoms with E-state index in [0.29, 0.717) is 12.5 Å². The highest BCUT2D eigenvalue weighted by Crippen LogP contribution is 2.31. The van der Waals surface area contributed by atoms with Gasteiger partial charge in [-0.05, 0) is 30.9 Å². The maximum atomic E-state index is 11.8. The van der Waals surface area contributed by atoms with Gasteiger partial charge in [-0.2, -0.15) is 4.99 Å². The molecule has 0 amide bonds. The van der Waals surface area contributed by atoms with Crippen molar-refractivity contribution in [3.8, 4) is 5.75 Å². The minimum absolute atomic E-state index is 0.208. The summed E-state index contributed by atoms with van der Waals surface area (Å²) in [5.74, 6) is 0.151. The van der Waals surface area contributed by atoms with Gasteiger partial charge in [0.1, 0.15) is 5.69 Å². The summed E-state index contributed by atoms with van der Waals surface area (Å²) in [6, 6.07) is 5.04. The molecule has 1 aliphatic rings. The van der Waals surface area contributed by atoms with Gasteiger partial charge < -0.3 is 4.74 Å². The lowest BCUT2D eigenvalue weighted by molar-refractivity contribution is -0.274. The van der Waals surface area contributed by atoms with Crippen molar-refractivity contribution in [2.45, 2.75) is 38.5 Å². The van der Waals surface area contributed by atoms with Crippen molar-refractivity contribution in [3.63, 3.8) is 0 Å². The van der Waals surface area contributed by atoms with Crippen LogP contribution in [0.1, 0.15) is 32.1 Å². The molecule has 24 heavy (non-hydrogen) atoms. The molecule has 0 spiro atoms. The summed E-state index contributed by atoms with van der Waals surface area (Å²) in [5.41, 5.74) is -0.208. The predicted octanol–water partition coefficient (Wildman–Crippen LogP) is 4.46. The summed E-state index contributed by atoms with van der Waals surface area (Å²) >= 11 is 0. The number of nitrogens with zero attached hydrogens (tertiary/aromatic N) is 2. The number of carbonyl (C=O) groups excluding carboxylic acids is 2. The minimum atomic E-state index is -4.80. The molecule has 1 aromatic carbocycles. The average molecular weight is 342 g/mol. The zero-order valence-corrected chi connectivity index (χ0v) is 12.9. The van der Waals surface area contributed by atoms with E-state index in [2.05, 4.69) is 14.7 Å². The lowest BCUT2D eigenvalue weighted by Crippen LogP contribution is -2.17. The first-order valence-corrected chi connectivity index (χ1v) is 7.42. The molecule has 2 rings (SSSR count). The van der Waals surface area contributed by atoms with Crippen LogP contribution >= 0.6 is 0 Å². The fourth-order valence-corrected chi connectivity index (χ4v) is 2.35. The third-order valence-corrected chi connectivity index (χ3v) is 3.40. The molecule has 0 saturated heterocycles. The summed E-state index contributed by atoms with van der Waals surface area (Å²) in [6.07, 6.45) is 4.44. The van der Waals surface area contributed by atoms with E-state index >= 15 is 0 Å². The van der Waals surface area contributed by atoms with Crippen LogP contribution in [0.4, 0.5) is 18.9 Å². The highest BCUT2D eigenvalue weighted by molar-refractivity contribution is 5.57. The molecular formula is C16H17F3N2O3. The van der Waals surface area contributed by atoms with Crippen LogP contribution in [-0.2, 0) is 9.59 Å². The number of hydrogen-bond donors (Lipinski definition) is 0. The molecule has 130 valence electrons. The summed E-state index contributed by atoms with van der Waals surface area (Å²) in [6.45, 7) is 0.712. The molecule has 0 radical (unpaired) electrons. The monoisotopic (exact) mass is 342 g/mol. The quantitative estimate of drug-likeness (QED) is 0.599. The smallest absolute Gasteiger partial charge is 0.403 e. The predicted molar refractivity (Wildman–Crippen MR) is 80.5 cm³/mol. The van der Waals surface area contributed by atoms with Crippen molar-refractivity contribution < 1.29 is 27.5 Å². The van der Waals surface area contributed by atoms with Crippen molar-refractivity contribution >= 4 is 17.8 Å². The van der Waals surface area contributed by atoms with Gasteiger partial charge in [-0.3, -0.25) is 0 Å². The molecule has 0 aromatic heterocycles. The van der Waals surface area contributed by atoms with Crippen molar-refractivity contribution in [2.75, 3.05) is 6.54 Å². The van der Waals surface area contributed by atoms with E-state index in [4.69, 9.17) is 0 Å². The summed E-state index contributed by atoms with van der Waals surface area (Å²) < 4.78 is 39.0. The summed E-state index contributed by atoms with van der Waals surface area (Å²) in [7, 11) is 0. The molecule has 0 atom stereocenters. The maximum absolute atomic E-state index is 11.8. The van der Waals surface area contributed by atoms with Crippen LogP contribution in [0.5, 0.6) is 5.75 Å². The number of hydrogen-bond acceptors (Lipinski definition) is 5. The third-order valence-electron chi connectivity index (χ3n) is 3.40. The molecule has 8 heteroatoms. The summed E-state index contributed by atoms with van der Waals surface area (Å²) in [5, 5.41) is 0. The molecule has 0 N–H and O–H groups in total. The molecular weight excluding hydrogens is 325 g/mol. The molecule has 0 aliphatic heterocycles. The minimum Gasteiger partial charge on any atom is -0.403 e. The second-order valence-electron chi connectivity index (χ2n) is 5.15. The van der Waals surface area contributed by atoms with E-state index in [9.17, 15) is 22.8 Å². The highest BCUT2D eigenvalue weighted by atomic mass is 19.4. The first-order chi connectivity index (χ1) is 11.5. The Morgan fingerprint density at radius 3 is 2.33 bits per heavy atom. The normalized spacial score (nSPS) is 14.5. The van der Waals surface area contributed by atoms with Crippen LogP contribution in [0.25, 0.3) is 0 Å². The first kappa shape index (κ1) is 19.6. The van der Waals surface area contributed by atoms with Crippen LogP contribution < -0.4 is 4.74 Å². The average Bonchev–Trinajstić information content (AvgIpc) is 2.55.